The largest absolute Gasteiger partial charge is 0.495 e. The van der Waals surface area contributed by atoms with E-state index in [9.17, 15) is 0 Å². The molecule has 2 aromatic rings. The van der Waals surface area contributed by atoms with Gasteiger partial charge in [0, 0.05) is 5.56 Å². The lowest BCUT2D eigenvalue weighted by molar-refractivity contribution is 0.378. The van der Waals surface area contributed by atoms with E-state index in [0.717, 1.165) is 32.7 Å². The van der Waals surface area contributed by atoms with Crippen molar-refractivity contribution in [3.05, 3.63) is 42.5 Å². The Bertz CT molecular complexity index is 529. The molecule has 0 heterocycles. The van der Waals surface area contributed by atoms with Crippen molar-refractivity contribution in [3.8, 4) is 22.6 Å². The van der Waals surface area contributed by atoms with Crippen molar-refractivity contribution in [3.63, 3.8) is 0 Å². The number of hydrogen-bond donors (Lipinski definition) is 0. The summed E-state index contributed by atoms with van der Waals surface area (Å²) >= 11 is 0. The average molecular weight is 281 g/mol. The summed E-state index contributed by atoms with van der Waals surface area (Å²) in [5.74, 6) is 1.45. The number of ether oxygens (including phenoxy) is 2. The van der Waals surface area contributed by atoms with Crippen LogP contribution in [0.5, 0.6) is 11.5 Å². The van der Waals surface area contributed by atoms with Crippen molar-refractivity contribution in [2.45, 2.75) is 4.90 Å². The predicted octanol–water partition coefficient (Wildman–Crippen LogP) is 4.62. The Balaban J connectivity index is 2.62. The Kier molecular flexibility index (Phi) is 4.39. The third-order valence-electron chi connectivity index (χ3n) is 2.66. The van der Waals surface area contributed by atoms with E-state index in [1.165, 1.54) is 0 Å². The fraction of sp³-hybridized carbons (Fsp3) is 0.143. The van der Waals surface area contributed by atoms with Crippen LogP contribution in [0.1, 0.15) is 0 Å². The summed E-state index contributed by atoms with van der Waals surface area (Å²) in [6.45, 7) is 0. The molecule has 0 saturated heterocycles. The van der Waals surface area contributed by atoms with Gasteiger partial charge in [-0.3, -0.25) is 0 Å². The quantitative estimate of drug-likeness (QED) is 0.814. The first-order chi connectivity index (χ1) is 8.81. The van der Waals surface area contributed by atoms with E-state index in [1.807, 2.05) is 42.5 Å². The molecule has 4 heteroatoms. The van der Waals surface area contributed by atoms with Crippen molar-refractivity contribution < 1.29 is 9.47 Å². The molecule has 18 heavy (non-hydrogen) atoms. The maximum atomic E-state index is 5.91. The molecule has 0 unspecified atom stereocenters. The molecular formula is C14H13ClO2S. The topological polar surface area (TPSA) is 18.5 Å². The maximum absolute atomic E-state index is 5.91. The zero-order valence-corrected chi connectivity index (χ0v) is 11.7. The second kappa shape index (κ2) is 6.03. The molecule has 2 nitrogen and oxygen atoms in total. The smallest absolute Gasteiger partial charge is 0.145 e. The van der Waals surface area contributed by atoms with E-state index in [4.69, 9.17) is 20.2 Å². The zero-order chi connectivity index (χ0) is 13.0. The van der Waals surface area contributed by atoms with Crippen molar-refractivity contribution in [2.75, 3.05) is 14.2 Å². The van der Waals surface area contributed by atoms with Crippen LogP contribution in [0.2, 0.25) is 0 Å². The summed E-state index contributed by atoms with van der Waals surface area (Å²) in [6, 6.07) is 13.9. The second-order valence-corrected chi connectivity index (χ2v) is 4.65. The highest BCUT2D eigenvalue weighted by molar-refractivity contribution is 8.21. The molecule has 0 aliphatic carbocycles. The van der Waals surface area contributed by atoms with Crippen LogP contribution in [0.25, 0.3) is 11.1 Å². The van der Waals surface area contributed by atoms with Gasteiger partial charge in [-0.05, 0) is 39.4 Å². The summed E-state index contributed by atoms with van der Waals surface area (Å²) in [6.07, 6.45) is 0. The third kappa shape index (κ3) is 2.42. The lowest BCUT2D eigenvalue weighted by Crippen LogP contribution is -1.93. The molecule has 2 rings (SSSR count). The van der Waals surface area contributed by atoms with E-state index in [2.05, 4.69) is 0 Å². The Hall–Kier alpha value is -1.32. The number of halogens is 1. The molecule has 0 aliphatic rings. The van der Waals surface area contributed by atoms with Gasteiger partial charge in [0.05, 0.1) is 14.2 Å². The van der Waals surface area contributed by atoms with Crippen LogP contribution < -0.4 is 9.47 Å². The van der Waals surface area contributed by atoms with Gasteiger partial charge in [-0.25, -0.2) is 0 Å². The molecule has 0 saturated carbocycles. The highest BCUT2D eigenvalue weighted by Crippen LogP contribution is 2.45. The Labute approximate surface area is 115 Å². The molecule has 0 aliphatic heterocycles. The first kappa shape index (κ1) is 13.1. The highest BCUT2D eigenvalue weighted by Gasteiger charge is 2.16. The van der Waals surface area contributed by atoms with Crippen LogP contribution in [-0.2, 0) is 0 Å². The van der Waals surface area contributed by atoms with Gasteiger partial charge >= 0.3 is 0 Å². The summed E-state index contributed by atoms with van der Waals surface area (Å²) in [7, 11) is 10.3. The predicted molar refractivity (Wildman–Crippen MR) is 76.7 cm³/mol. The van der Waals surface area contributed by atoms with Gasteiger partial charge in [0.1, 0.15) is 16.4 Å². The Morgan fingerprint density at radius 2 is 1.67 bits per heavy atom. The molecule has 0 N–H and O–H groups in total. The number of methoxy groups -OCH3 is 2. The van der Waals surface area contributed by atoms with E-state index in [1.54, 1.807) is 14.2 Å². The standard InChI is InChI=1S/C14H13ClO2S/c1-16-12-9-8-11(10-6-4-3-5-7-10)13(17-2)14(12)18-15/h3-9H,1-2H3. The van der Waals surface area contributed by atoms with Crippen molar-refractivity contribution >= 4 is 21.7 Å². The number of rotatable bonds is 4. The van der Waals surface area contributed by atoms with Gasteiger partial charge in [-0.2, -0.15) is 0 Å². The summed E-state index contributed by atoms with van der Waals surface area (Å²) in [4.78, 5) is 0.794. The van der Waals surface area contributed by atoms with Crippen LogP contribution in [0.4, 0.5) is 0 Å². The molecule has 0 atom stereocenters. The molecule has 0 spiro atoms. The van der Waals surface area contributed by atoms with Crippen molar-refractivity contribution in [2.24, 2.45) is 0 Å². The van der Waals surface area contributed by atoms with Crippen LogP contribution in [0.3, 0.4) is 0 Å². The second-order valence-electron chi connectivity index (χ2n) is 3.62. The number of benzene rings is 2. The van der Waals surface area contributed by atoms with Gasteiger partial charge in [0.15, 0.2) is 0 Å². The SMILES string of the molecule is COc1ccc(-c2ccccc2)c(OC)c1SCl. The summed E-state index contributed by atoms with van der Waals surface area (Å²) in [5.41, 5.74) is 2.09. The van der Waals surface area contributed by atoms with Crippen molar-refractivity contribution in [1.29, 1.82) is 0 Å². The summed E-state index contributed by atoms with van der Waals surface area (Å²) in [5, 5.41) is 0. The third-order valence-corrected chi connectivity index (χ3v) is 3.67. The molecule has 94 valence electrons. The van der Waals surface area contributed by atoms with Gasteiger partial charge in [0.25, 0.3) is 0 Å². The lowest BCUT2D eigenvalue weighted by atomic mass is 10.0. The van der Waals surface area contributed by atoms with E-state index >= 15 is 0 Å². The van der Waals surface area contributed by atoms with Crippen molar-refractivity contribution in [1.82, 2.24) is 0 Å². The Morgan fingerprint density at radius 3 is 2.22 bits per heavy atom. The minimum Gasteiger partial charge on any atom is -0.495 e. The summed E-state index contributed by atoms with van der Waals surface area (Å²) < 4.78 is 10.8. The molecule has 0 radical (unpaired) electrons. The van der Waals surface area contributed by atoms with E-state index < -0.39 is 0 Å². The first-order valence-electron chi connectivity index (χ1n) is 5.40. The van der Waals surface area contributed by atoms with Crippen LogP contribution in [0.15, 0.2) is 47.4 Å². The highest BCUT2D eigenvalue weighted by atomic mass is 35.7. The van der Waals surface area contributed by atoms with Gasteiger partial charge in [-0.15, -0.1) is 0 Å². The molecule has 0 aromatic heterocycles. The molecule has 2 aromatic carbocycles. The average Bonchev–Trinajstić information content (AvgIpc) is 2.46. The fourth-order valence-corrected chi connectivity index (χ4v) is 2.76. The lowest BCUT2D eigenvalue weighted by Gasteiger charge is -2.14. The van der Waals surface area contributed by atoms with Crippen LogP contribution in [-0.4, -0.2) is 14.2 Å². The van der Waals surface area contributed by atoms with Gasteiger partial charge in [-0.1, -0.05) is 30.3 Å². The monoisotopic (exact) mass is 280 g/mol. The normalized spacial score (nSPS) is 10.2. The first-order valence-corrected chi connectivity index (χ1v) is 7.05. The zero-order valence-electron chi connectivity index (χ0n) is 10.1. The van der Waals surface area contributed by atoms with Gasteiger partial charge in [0.2, 0.25) is 0 Å². The van der Waals surface area contributed by atoms with Crippen LogP contribution in [0, 0.1) is 0 Å². The number of hydrogen-bond acceptors (Lipinski definition) is 3. The van der Waals surface area contributed by atoms with E-state index in [-0.39, 0.29) is 0 Å². The van der Waals surface area contributed by atoms with Crippen LogP contribution >= 0.6 is 21.7 Å². The fourth-order valence-electron chi connectivity index (χ4n) is 1.83. The molecule has 0 fully saturated rings. The molecular weight excluding hydrogens is 268 g/mol. The minimum absolute atomic E-state index is 0.714. The minimum atomic E-state index is 0.714. The van der Waals surface area contributed by atoms with E-state index in [0.29, 0.717) is 5.75 Å². The Morgan fingerprint density at radius 1 is 0.944 bits per heavy atom. The molecule has 0 bridgehead atoms. The van der Waals surface area contributed by atoms with Gasteiger partial charge < -0.3 is 9.47 Å². The molecule has 0 amide bonds. The maximum Gasteiger partial charge on any atom is 0.145 e.